The topological polar surface area (TPSA) is 70.1 Å². The summed E-state index contributed by atoms with van der Waals surface area (Å²) in [6.45, 7) is 0. The van der Waals surface area contributed by atoms with Gasteiger partial charge in [-0.15, -0.1) is 0 Å². The molecule has 0 bridgehead atoms. The largest absolute Gasteiger partial charge is 0.399 e. The lowest BCUT2D eigenvalue weighted by molar-refractivity contribution is 0.0993. The number of hydrogen-bond acceptors (Lipinski definition) is 3. The summed E-state index contributed by atoms with van der Waals surface area (Å²) in [5, 5.41) is 8.72. The van der Waals surface area contributed by atoms with Crippen LogP contribution in [0.15, 0.2) is 48.5 Å². The van der Waals surface area contributed by atoms with Gasteiger partial charge in [-0.25, -0.2) is 0 Å². The maximum Gasteiger partial charge on any atom is 0.258 e. The highest BCUT2D eigenvalue weighted by Crippen LogP contribution is 2.17. The molecule has 0 unspecified atom stereocenters. The second-order valence-corrected chi connectivity index (χ2v) is 4.14. The molecule has 0 aliphatic rings. The molecule has 0 saturated heterocycles. The van der Waals surface area contributed by atoms with Crippen LogP contribution in [0, 0.1) is 11.3 Å². The van der Waals surface area contributed by atoms with E-state index in [0.717, 1.165) is 5.69 Å². The summed E-state index contributed by atoms with van der Waals surface area (Å²) in [5.74, 6) is -0.130. The third-order valence-corrected chi connectivity index (χ3v) is 2.85. The lowest BCUT2D eigenvalue weighted by atomic mass is 10.1. The van der Waals surface area contributed by atoms with Gasteiger partial charge in [-0.3, -0.25) is 4.79 Å². The molecule has 0 aliphatic carbocycles. The number of amides is 1. The lowest BCUT2D eigenvalue weighted by Crippen LogP contribution is -2.26. The van der Waals surface area contributed by atoms with Crippen LogP contribution >= 0.6 is 0 Å². The smallest absolute Gasteiger partial charge is 0.258 e. The predicted molar refractivity (Wildman–Crippen MR) is 74.7 cm³/mol. The molecule has 94 valence electrons. The number of carbonyl (C=O) groups is 1. The summed E-state index contributed by atoms with van der Waals surface area (Å²) in [6.07, 6.45) is 0. The molecular weight excluding hydrogens is 238 g/mol. The van der Waals surface area contributed by atoms with E-state index in [1.807, 2.05) is 6.07 Å². The standard InChI is InChI=1S/C15H13N3O/c1-18(14-8-6-13(17)7-9-14)15(19)12-4-2-11(10-16)3-5-12/h2-9H,17H2,1H3. The first-order valence-corrected chi connectivity index (χ1v) is 5.75. The fourth-order valence-electron chi connectivity index (χ4n) is 1.70. The Morgan fingerprint density at radius 1 is 1.11 bits per heavy atom. The maximum absolute atomic E-state index is 12.2. The average molecular weight is 251 g/mol. The number of hydrogen-bond donors (Lipinski definition) is 1. The van der Waals surface area contributed by atoms with Gasteiger partial charge in [0.25, 0.3) is 5.91 Å². The molecule has 2 aromatic rings. The molecule has 19 heavy (non-hydrogen) atoms. The molecule has 2 aromatic carbocycles. The number of nitrogens with two attached hydrogens (primary N) is 1. The second kappa shape index (κ2) is 5.23. The van der Waals surface area contributed by atoms with Crippen LogP contribution < -0.4 is 10.6 Å². The highest BCUT2D eigenvalue weighted by atomic mass is 16.2. The number of nitriles is 1. The van der Waals surface area contributed by atoms with Crippen LogP contribution in [-0.2, 0) is 0 Å². The van der Waals surface area contributed by atoms with Gasteiger partial charge in [0, 0.05) is 24.0 Å². The first-order chi connectivity index (χ1) is 9.11. The first-order valence-electron chi connectivity index (χ1n) is 5.75. The third-order valence-electron chi connectivity index (χ3n) is 2.85. The van der Waals surface area contributed by atoms with Gasteiger partial charge in [-0.1, -0.05) is 0 Å². The Morgan fingerprint density at radius 2 is 1.68 bits per heavy atom. The quantitative estimate of drug-likeness (QED) is 0.833. The van der Waals surface area contributed by atoms with Gasteiger partial charge in [0.15, 0.2) is 0 Å². The van der Waals surface area contributed by atoms with Crippen molar-refractivity contribution in [2.75, 3.05) is 17.7 Å². The minimum Gasteiger partial charge on any atom is -0.399 e. The molecule has 0 saturated carbocycles. The normalized spacial score (nSPS) is 9.68. The number of rotatable bonds is 2. The number of carbonyl (C=O) groups excluding carboxylic acids is 1. The number of anilines is 2. The van der Waals surface area contributed by atoms with E-state index in [-0.39, 0.29) is 5.91 Å². The van der Waals surface area contributed by atoms with E-state index < -0.39 is 0 Å². The zero-order valence-corrected chi connectivity index (χ0v) is 10.5. The van der Waals surface area contributed by atoms with Crippen LogP contribution in [0.2, 0.25) is 0 Å². The summed E-state index contributed by atoms with van der Waals surface area (Å²) in [5.41, 5.74) is 8.11. The van der Waals surface area contributed by atoms with Gasteiger partial charge in [0.1, 0.15) is 0 Å². The first kappa shape index (κ1) is 12.7. The van der Waals surface area contributed by atoms with Crippen LogP contribution in [0.5, 0.6) is 0 Å². The summed E-state index contributed by atoms with van der Waals surface area (Å²) in [4.78, 5) is 13.8. The molecule has 2 rings (SSSR count). The van der Waals surface area contributed by atoms with Crippen molar-refractivity contribution in [1.29, 1.82) is 5.26 Å². The van der Waals surface area contributed by atoms with Gasteiger partial charge in [0.2, 0.25) is 0 Å². The lowest BCUT2D eigenvalue weighted by Gasteiger charge is -2.17. The Morgan fingerprint density at radius 3 is 2.21 bits per heavy atom. The van der Waals surface area contributed by atoms with Crippen molar-refractivity contribution in [2.24, 2.45) is 0 Å². The molecule has 0 atom stereocenters. The Bertz CT molecular complexity index is 624. The monoisotopic (exact) mass is 251 g/mol. The molecule has 0 heterocycles. The molecule has 4 heteroatoms. The number of nitrogens with zero attached hydrogens (tertiary/aromatic N) is 2. The van der Waals surface area contributed by atoms with Crippen LogP contribution in [0.4, 0.5) is 11.4 Å². The highest BCUT2D eigenvalue weighted by Gasteiger charge is 2.13. The van der Waals surface area contributed by atoms with Crippen molar-refractivity contribution >= 4 is 17.3 Å². The molecule has 0 aliphatic heterocycles. The minimum absolute atomic E-state index is 0.130. The Kier molecular flexibility index (Phi) is 3.48. The van der Waals surface area contributed by atoms with Crippen molar-refractivity contribution in [1.82, 2.24) is 0 Å². The van der Waals surface area contributed by atoms with Crippen molar-refractivity contribution in [2.45, 2.75) is 0 Å². The molecule has 0 aromatic heterocycles. The van der Waals surface area contributed by atoms with Gasteiger partial charge < -0.3 is 10.6 Å². The van der Waals surface area contributed by atoms with Gasteiger partial charge in [-0.2, -0.15) is 5.26 Å². The van der Waals surface area contributed by atoms with Crippen molar-refractivity contribution in [3.05, 3.63) is 59.7 Å². The summed E-state index contributed by atoms with van der Waals surface area (Å²) >= 11 is 0. The van der Waals surface area contributed by atoms with Crippen molar-refractivity contribution < 1.29 is 4.79 Å². The zero-order valence-electron chi connectivity index (χ0n) is 10.5. The van der Waals surface area contributed by atoms with E-state index in [1.54, 1.807) is 60.5 Å². The molecule has 1 amide bonds. The average Bonchev–Trinajstić information content (AvgIpc) is 2.46. The molecule has 0 spiro atoms. The molecule has 2 N–H and O–H groups in total. The van der Waals surface area contributed by atoms with Crippen molar-refractivity contribution in [3.8, 4) is 6.07 Å². The Labute approximate surface area is 111 Å². The fraction of sp³-hybridized carbons (Fsp3) is 0.0667. The van der Waals surface area contributed by atoms with Gasteiger partial charge >= 0.3 is 0 Å². The van der Waals surface area contributed by atoms with Crippen molar-refractivity contribution in [3.63, 3.8) is 0 Å². The van der Waals surface area contributed by atoms with Crippen LogP contribution in [0.3, 0.4) is 0 Å². The minimum atomic E-state index is -0.130. The van der Waals surface area contributed by atoms with E-state index in [4.69, 9.17) is 11.0 Å². The van der Waals surface area contributed by atoms with E-state index >= 15 is 0 Å². The highest BCUT2D eigenvalue weighted by molar-refractivity contribution is 6.05. The Balaban J connectivity index is 2.23. The van der Waals surface area contributed by atoms with Gasteiger partial charge in [-0.05, 0) is 48.5 Å². The van der Waals surface area contributed by atoms with E-state index in [9.17, 15) is 4.79 Å². The van der Waals surface area contributed by atoms with E-state index in [0.29, 0.717) is 16.8 Å². The van der Waals surface area contributed by atoms with E-state index in [1.165, 1.54) is 0 Å². The third kappa shape index (κ3) is 2.72. The molecule has 0 radical (unpaired) electrons. The van der Waals surface area contributed by atoms with Crippen LogP contribution in [0.25, 0.3) is 0 Å². The second-order valence-electron chi connectivity index (χ2n) is 4.14. The summed E-state index contributed by atoms with van der Waals surface area (Å²) < 4.78 is 0. The van der Waals surface area contributed by atoms with E-state index in [2.05, 4.69) is 0 Å². The fourth-order valence-corrected chi connectivity index (χ4v) is 1.70. The van der Waals surface area contributed by atoms with Gasteiger partial charge in [0.05, 0.1) is 11.6 Å². The molecule has 0 fully saturated rings. The Hall–Kier alpha value is -2.80. The number of nitrogen functional groups attached to an aromatic ring is 1. The summed E-state index contributed by atoms with van der Waals surface area (Å²) in [7, 11) is 1.70. The summed E-state index contributed by atoms with van der Waals surface area (Å²) in [6, 6.07) is 15.6. The predicted octanol–water partition coefficient (Wildman–Crippen LogP) is 2.42. The molecular formula is C15H13N3O. The SMILES string of the molecule is CN(C(=O)c1ccc(C#N)cc1)c1ccc(N)cc1. The molecule has 4 nitrogen and oxygen atoms in total. The number of benzene rings is 2. The van der Waals surface area contributed by atoms with Crippen LogP contribution in [0.1, 0.15) is 15.9 Å². The van der Waals surface area contributed by atoms with Crippen LogP contribution in [-0.4, -0.2) is 13.0 Å². The maximum atomic E-state index is 12.2. The zero-order chi connectivity index (χ0) is 13.8.